The Morgan fingerprint density at radius 3 is 2.50 bits per heavy atom. The Kier molecular flexibility index (Phi) is 7.66. The van der Waals surface area contributed by atoms with Crippen LogP contribution in [0.3, 0.4) is 0 Å². The molecule has 0 saturated heterocycles. The maximum absolute atomic E-state index is 3.78. The maximum atomic E-state index is 3.78. The van der Waals surface area contributed by atoms with E-state index in [4.69, 9.17) is 0 Å². The van der Waals surface area contributed by atoms with E-state index < -0.39 is 0 Å². The second-order valence-electron chi connectivity index (χ2n) is 4.51. The molecule has 0 bridgehead atoms. The van der Waals surface area contributed by atoms with Crippen molar-refractivity contribution < 1.29 is 0 Å². The van der Waals surface area contributed by atoms with Crippen molar-refractivity contribution in [3.8, 4) is 0 Å². The predicted molar refractivity (Wildman–Crippen MR) is 84.6 cm³/mol. The molecule has 0 saturated carbocycles. The lowest BCUT2D eigenvalue weighted by atomic mass is 10.1. The molecule has 0 unspecified atom stereocenters. The zero-order valence-electron chi connectivity index (χ0n) is 11.6. The highest BCUT2D eigenvalue weighted by atomic mass is 32.2. The lowest BCUT2D eigenvalue weighted by molar-refractivity contribution is 0.585. The van der Waals surface area contributed by atoms with Gasteiger partial charge in [0.2, 0.25) is 0 Å². The van der Waals surface area contributed by atoms with Crippen LogP contribution < -0.4 is 5.32 Å². The Balaban J connectivity index is 2.70. The molecular formula is C16H25NS. The summed E-state index contributed by atoms with van der Waals surface area (Å²) in [6.07, 6.45) is 6.92. The van der Waals surface area contributed by atoms with Crippen LogP contribution in [-0.4, -0.2) is 11.8 Å². The molecule has 18 heavy (non-hydrogen) atoms. The second-order valence-corrected chi connectivity index (χ2v) is 5.58. The molecule has 1 aromatic rings. The zero-order chi connectivity index (χ0) is 13.2. The number of rotatable bonds is 9. The Hall–Kier alpha value is -0.890. The molecule has 0 spiro atoms. The smallest absolute Gasteiger partial charge is 0.0480 e. The Morgan fingerprint density at radius 2 is 1.89 bits per heavy atom. The van der Waals surface area contributed by atoms with Gasteiger partial charge in [-0.15, -0.1) is 18.3 Å². The first-order chi connectivity index (χ1) is 8.81. The molecule has 1 N–H and O–H groups in total. The quantitative estimate of drug-likeness (QED) is 0.476. The molecule has 0 amide bonds. The number of hydrogen-bond acceptors (Lipinski definition) is 2. The lowest BCUT2D eigenvalue weighted by Crippen LogP contribution is -2.19. The van der Waals surface area contributed by atoms with Crippen LogP contribution in [0.1, 0.15) is 39.5 Å². The minimum absolute atomic E-state index is 0.602. The summed E-state index contributed by atoms with van der Waals surface area (Å²) in [4.78, 5) is 1.33. The molecule has 0 fully saturated rings. The van der Waals surface area contributed by atoms with Crippen molar-refractivity contribution in [3.63, 3.8) is 0 Å². The Labute approximate surface area is 116 Å². The molecule has 1 rings (SSSR count). The number of benzene rings is 1. The standard InChI is InChI=1S/C16H25NS/c1-4-9-14(10-5-2)17-15-11-7-8-12-16(15)18-13-6-3/h6-8,11-12,14,17H,3-5,9-10,13H2,1-2H3. The molecule has 0 aliphatic rings. The van der Waals surface area contributed by atoms with Gasteiger partial charge in [-0.1, -0.05) is 44.9 Å². The Morgan fingerprint density at radius 1 is 1.22 bits per heavy atom. The van der Waals surface area contributed by atoms with Crippen LogP contribution >= 0.6 is 11.8 Å². The van der Waals surface area contributed by atoms with E-state index in [1.807, 2.05) is 17.8 Å². The van der Waals surface area contributed by atoms with E-state index in [-0.39, 0.29) is 0 Å². The van der Waals surface area contributed by atoms with E-state index in [2.05, 4.69) is 50.0 Å². The summed E-state index contributed by atoms with van der Waals surface area (Å²) in [5.74, 6) is 0.963. The fraction of sp³-hybridized carbons (Fsp3) is 0.500. The average molecular weight is 263 g/mol. The first-order valence-electron chi connectivity index (χ1n) is 6.91. The maximum Gasteiger partial charge on any atom is 0.0480 e. The highest BCUT2D eigenvalue weighted by Crippen LogP contribution is 2.28. The van der Waals surface area contributed by atoms with Gasteiger partial charge in [0.05, 0.1) is 0 Å². The van der Waals surface area contributed by atoms with Crippen LogP contribution in [0.4, 0.5) is 5.69 Å². The summed E-state index contributed by atoms with van der Waals surface area (Å²) in [5, 5.41) is 3.70. The number of thioether (sulfide) groups is 1. The zero-order valence-corrected chi connectivity index (χ0v) is 12.4. The monoisotopic (exact) mass is 263 g/mol. The van der Waals surface area contributed by atoms with Gasteiger partial charge in [0.1, 0.15) is 0 Å². The minimum atomic E-state index is 0.602. The topological polar surface area (TPSA) is 12.0 Å². The van der Waals surface area contributed by atoms with Crippen molar-refractivity contribution in [2.45, 2.75) is 50.5 Å². The number of para-hydroxylation sites is 1. The van der Waals surface area contributed by atoms with Gasteiger partial charge in [-0.2, -0.15) is 0 Å². The highest BCUT2D eigenvalue weighted by molar-refractivity contribution is 7.99. The number of hydrogen-bond donors (Lipinski definition) is 1. The van der Waals surface area contributed by atoms with Gasteiger partial charge in [0, 0.05) is 22.4 Å². The molecule has 100 valence electrons. The molecule has 0 radical (unpaired) electrons. The van der Waals surface area contributed by atoms with Crippen molar-refractivity contribution in [1.29, 1.82) is 0 Å². The van der Waals surface area contributed by atoms with Crippen molar-refractivity contribution in [1.82, 2.24) is 0 Å². The van der Waals surface area contributed by atoms with Crippen molar-refractivity contribution in [2.24, 2.45) is 0 Å². The molecule has 0 heterocycles. The molecule has 2 heteroatoms. The van der Waals surface area contributed by atoms with Gasteiger partial charge in [-0.25, -0.2) is 0 Å². The van der Waals surface area contributed by atoms with Crippen LogP contribution in [-0.2, 0) is 0 Å². The van der Waals surface area contributed by atoms with Crippen LogP contribution in [0, 0.1) is 0 Å². The molecule has 0 aromatic heterocycles. The second kappa shape index (κ2) is 9.09. The van der Waals surface area contributed by atoms with Crippen LogP contribution in [0.15, 0.2) is 41.8 Å². The van der Waals surface area contributed by atoms with Crippen LogP contribution in [0.5, 0.6) is 0 Å². The van der Waals surface area contributed by atoms with E-state index in [9.17, 15) is 0 Å². The third kappa shape index (κ3) is 5.18. The van der Waals surface area contributed by atoms with E-state index in [0.29, 0.717) is 6.04 Å². The first kappa shape index (κ1) is 15.2. The first-order valence-corrected chi connectivity index (χ1v) is 7.89. The summed E-state index contributed by atoms with van der Waals surface area (Å²) in [5.41, 5.74) is 1.27. The van der Waals surface area contributed by atoms with Crippen molar-refractivity contribution >= 4 is 17.4 Å². The number of nitrogens with one attached hydrogen (secondary N) is 1. The van der Waals surface area contributed by atoms with Crippen LogP contribution in [0.25, 0.3) is 0 Å². The summed E-state index contributed by atoms with van der Waals surface area (Å²) in [6.45, 7) is 8.29. The van der Waals surface area contributed by atoms with Gasteiger partial charge in [-0.05, 0) is 25.0 Å². The van der Waals surface area contributed by atoms with Gasteiger partial charge in [0.15, 0.2) is 0 Å². The molecular weight excluding hydrogens is 238 g/mol. The summed E-state index contributed by atoms with van der Waals surface area (Å²) in [6, 6.07) is 9.18. The lowest BCUT2D eigenvalue weighted by Gasteiger charge is -2.20. The summed E-state index contributed by atoms with van der Waals surface area (Å²) >= 11 is 1.84. The summed E-state index contributed by atoms with van der Waals surface area (Å²) < 4.78 is 0. The van der Waals surface area contributed by atoms with E-state index in [1.54, 1.807) is 0 Å². The van der Waals surface area contributed by atoms with E-state index in [1.165, 1.54) is 36.3 Å². The average Bonchev–Trinajstić information content (AvgIpc) is 2.38. The molecule has 0 aliphatic heterocycles. The van der Waals surface area contributed by atoms with Crippen LogP contribution in [0.2, 0.25) is 0 Å². The van der Waals surface area contributed by atoms with Gasteiger partial charge in [-0.3, -0.25) is 0 Å². The number of anilines is 1. The predicted octanol–water partition coefficient (Wildman–Crippen LogP) is 5.35. The SMILES string of the molecule is C=CCSc1ccccc1NC(CCC)CCC. The van der Waals surface area contributed by atoms with Gasteiger partial charge < -0.3 is 5.32 Å². The van der Waals surface area contributed by atoms with Crippen molar-refractivity contribution in [2.75, 3.05) is 11.1 Å². The van der Waals surface area contributed by atoms with Gasteiger partial charge in [0.25, 0.3) is 0 Å². The normalized spacial score (nSPS) is 10.6. The van der Waals surface area contributed by atoms with E-state index >= 15 is 0 Å². The Bertz CT molecular complexity index is 343. The fourth-order valence-electron chi connectivity index (χ4n) is 2.07. The van der Waals surface area contributed by atoms with Gasteiger partial charge >= 0.3 is 0 Å². The molecule has 0 atom stereocenters. The molecule has 0 aliphatic carbocycles. The largest absolute Gasteiger partial charge is 0.381 e. The molecule has 1 nitrogen and oxygen atoms in total. The van der Waals surface area contributed by atoms with Crippen molar-refractivity contribution in [3.05, 3.63) is 36.9 Å². The highest BCUT2D eigenvalue weighted by Gasteiger charge is 2.08. The van der Waals surface area contributed by atoms with E-state index in [0.717, 1.165) is 5.75 Å². The summed E-state index contributed by atoms with van der Waals surface area (Å²) in [7, 11) is 0. The molecule has 1 aromatic carbocycles. The minimum Gasteiger partial charge on any atom is -0.381 e. The third-order valence-electron chi connectivity index (χ3n) is 2.88. The third-order valence-corrected chi connectivity index (χ3v) is 3.95. The fourth-order valence-corrected chi connectivity index (χ4v) is 2.82.